The minimum Gasteiger partial charge on any atom is -0.191 e. The minimum atomic E-state index is 0.675. The van der Waals surface area contributed by atoms with Crippen molar-refractivity contribution in [3.8, 4) is 6.07 Å². The lowest BCUT2D eigenvalue weighted by molar-refractivity contribution is 1.48. The van der Waals surface area contributed by atoms with Gasteiger partial charge < -0.3 is 0 Å². The Bertz CT molecular complexity index is 224. The summed E-state index contributed by atoms with van der Waals surface area (Å²) in [6.45, 7) is 0. The van der Waals surface area contributed by atoms with E-state index >= 15 is 0 Å². The summed E-state index contributed by atoms with van der Waals surface area (Å²) in [5.41, 5.74) is 0. The normalized spacial score (nSPS) is 8.50. The highest BCUT2D eigenvalue weighted by molar-refractivity contribution is 14.1. The monoisotopic (exact) mass is 236 g/mol. The molecule has 0 saturated carbocycles. The molecule has 0 bridgehead atoms. The number of hydrogen-bond acceptors (Lipinski definition) is 3. The summed E-state index contributed by atoms with van der Waals surface area (Å²) in [4.78, 5) is 0.675. The Hall–Kier alpha value is -0.150. The van der Waals surface area contributed by atoms with Gasteiger partial charge in [-0.15, -0.1) is 0 Å². The van der Waals surface area contributed by atoms with Gasteiger partial charge in [-0.3, -0.25) is 0 Å². The zero-order chi connectivity index (χ0) is 5.98. The number of hydrogen-bond donors (Lipinski definition) is 0. The van der Waals surface area contributed by atoms with Crippen LogP contribution in [0.5, 0.6) is 0 Å². The van der Waals surface area contributed by atoms with Crippen molar-refractivity contribution in [3.05, 3.63) is 14.6 Å². The molecule has 1 aromatic rings. The fourth-order valence-electron chi connectivity index (χ4n) is 0.306. The van der Waals surface area contributed by atoms with Crippen LogP contribution in [0.3, 0.4) is 0 Å². The van der Waals surface area contributed by atoms with Crippen LogP contribution in [-0.2, 0) is 0 Å². The molecule has 40 valence electrons. The van der Waals surface area contributed by atoms with E-state index in [1.54, 1.807) is 6.07 Å². The van der Waals surface area contributed by atoms with E-state index < -0.39 is 0 Å². The first-order valence-electron chi connectivity index (χ1n) is 1.85. The molecule has 0 spiro atoms. The molecule has 0 aliphatic carbocycles. The molecule has 8 heavy (non-hydrogen) atoms. The van der Waals surface area contributed by atoms with Crippen LogP contribution >= 0.6 is 34.1 Å². The lowest BCUT2D eigenvalue weighted by Gasteiger charge is -1.63. The molecule has 1 aromatic heterocycles. The second-order valence-electron chi connectivity index (χ2n) is 1.13. The van der Waals surface area contributed by atoms with Crippen LogP contribution in [0.1, 0.15) is 4.88 Å². The van der Waals surface area contributed by atoms with Gasteiger partial charge in [0.1, 0.15) is 14.6 Å². The van der Waals surface area contributed by atoms with Crippen molar-refractivity contribution in [3.63, 3.8) is 0 Å². The van der Waals surface area contributed by atoms with Gasteiger partial charge in [-0.05, 0) is 34.1 Å². The molecule has 0 amide bonds. The SMILES string of the molecule is N#Cc1cc(I)ns1. The van der Waals surface area contributed by atoms with Gasteiger partial charge in [-0.2, -0.15) is 9.64 Å². The maximum absolute atomic E-state index is 8.27. The summed E-state index contributed by atoms with van der Waals surface area (Å²) in [6, 6.07) is 3.75. The highest BCUT2D eigenvalue weighted by Gasteiger charge is 1.93. The molecular weight excluding hydrogens is 235 g/mol. The molecule has 0 fully saturated rings. The molecule has 1 rings (SSSR count). The van der Waals surface area contributed by atoms with Gasteiger partial charge in [0.15, 0.2) is 0 Å². The summed E-state index contributed by atoms with van der Waals surface area (Å²) < 4.78 is 4.79. The first-order valence-corrected chi connectivity index (χ1v) is 3.70. The Balaban J connectivity index is 3.05. The first kappa shape index (κ1) is 5.98. The Morgan fingerprint density at radius 2 is 2.62 bits per heavy atom. The Labute approximate surface area is 64.5 Å². The predicted molar refractivity (Wildman–Crippen MR) is 39.5 cm³/mol. The van der Waals surface area contributed by atoms with Crippen molar-refractivity contribution in [2.24, 2.45) is 0 Å². The summed E-state index contributed by atoms with van der Waals surface area (Å²) in [6.07, 6.45) is 0. The van der Waals surface area contributed by atoms with Gasteiger partial charge in [0, 0.05) is 6.07 Å². The highest BCUT2D eigenvalue weighted by Crippen LogP contribution is 2.09. The van der Waals surface area contributed by atoms with Gasteiger partial charge in [-0.1, -0.05) is 0 Å². The Kier molecular flexibility index (Phi) is 1.81. The van der Waals surface area contributed by atoms with Gasteiger partial charge in [-0.25, -0.2) is 0 Å². The van der Waals surface area contributed by atoms with Crippen molar-refractivity contribution in [1.82, 2.24) is 4.37 Å². The molecule has 0 aliphatic rings. The zero-order valence-electron chi connectivity index (χ0n) is 3.76. The standard InChI is InChI=1S/C4HIN2S/c5-4-1-3(2-6)8-7-4/h1H. The van der Waals surface area contributed by atoms with Gasteiger partial charge in [0.2, 0.25) is 0 Å². The predicted octanol–water partition coefficient (Wildman–Crippen LogP) is 1.62. The van der Waals surface area contributed by atoms with Gasteiger partial charge in [0.05, 0.1) is 0 Å². The molecule has 0 unspecified atom stereocenters. The average Bonchev–Trinajstić information content (AvgIpc) is 2.14. The molecule has 0 aliphatic heterocycles. The van der Waals surface area contributed by atoms with Crippen LogP contribution in [0.2, 0.25) is 0 Å². The molecule has 0 saturated heterocycles. The Morgan fingerprint density at radius 1 is 1.88 bits per heavy atom. The quantitative estimate of drug-likeness (QED) is 0.641. The van der Waals surface area contributed by atoms with Crippen LogP contribution < -0.4 is 0 Å². The van der Waals surface area contributed by atoms with Crippen LogP contribution in [0.15, 0.2) is 6.07 Å². The first-order chi connectivity index (χ1) is 3.83. The fourth-order valence-corrected chi connectivity index (χ4v) is 1.57. The molecule has 0 aromatic carbocycles. The van der Waals surface area contributed by atoms with E-state index in [0.717, 1.165) is 3.70 Å². The third kappa shape index (κ3) is 1.17. The second kappa shape index (κ2) is 2.42. The van der Waals surface area contributed by atoms with Crippen molar-refractivity contribution < 1.29 is 0 Å². The molecule has 0 atom stereocenters. The summed E-state index contributed by atoms with van der Waals surface area (Å²) in [5, 5.41) is 8.27. The number of aromatic nitrogens is 1. The van der Waals surface area contributed by atoms with Gasteiger partial charge in [0.25, 0.3) is 0 Å². The van der Waals surface area contributed by atoms with E-state index in [-0.39, 0.29) is 0 Å². The summed E-state index contributed by atoms with van der Waals surface area (Å²) in [5.74, 6) is 0. The largest absolute Gasteiger partial charge is 0.191 e. The van der Waals surface area contributed by atoms with Crippen molar-refractivity contribution in [2.45, 2.75) is 0 Å². The fraction of sp³-hybridized carbons (Fsp3) is 0. The van der Waals surface area contributed by atoms with E-state index in [9.17, 15) is 0 Å². The third-order valence-electron chi connectivity index (χ3n) is 0.592. The lowest BCUT2D eigenvalue weighted by atomic mass is 10.5. The van der Waals surface area contributed by atoms with Crippen LogP contribution in [0.4, 0.5) is 0 Å². The number of rotatable bonds is 0. The second-order valence-corrected chi connectivity index (χ2v) is 3.04. The molecule has 1 heterocycles. The molecule has 2 nitrogen and oxygen atoms in total. The van der Waals surface area contributed by atoms with Crippen molar-refractivity contribution >= 4 is 34.1 Å². The topological polar surface area (TPSA) is 36.7 Å². The van der Waals surface area contributed by atoms with Crippen LogP contribution in [0, 0.1) is 15.0 Å². The molecular formula is C4HIN2S. The lowest BCUT2D eigenvalue weighted by Crippen LogP contribution is -1.57. The van der Waals surface area contributed by atoms with Crippen molar-refractivity contribution in [2.75, 3.05) is 0 Å². The van der Waals surface area contributed by atoms with Crippen LogP contribution in [-0.4, -0.2) is 4.37 Å². The maximum Gasteiger partial charge on any atom is 0.126 e. The highest BCUT2D eigenvalue weighted by atomic mass is 127. The number of nitriles is 1. The number of halogens is 1. The maximum atomic E-state index is 8.27. The molecule has 0 radical (unpaired) electrons. The summed E-state index contributed by atoms with van der Waals surface area (Å²) >= 11 is 3.30. The van der Waals surface area contributed by atoms with E-state index in [1.165, 1.54) is 11.5 Å². The average molecular weight is 236 g/mol. The van der Waals surface area contributed by atoms with Gasteiger partial charge >= 0.3 is 0 Å². The third-order valence-corrected chi connectivity index (χ3v) is 2.17. The smallest absolute Gasteiger partial charge is 0.126 e. The van der Waals surface area contributed by atoms with E-state index in [1.807, 2.05) is 6.07 Å². The molecule has 0 N–H and O–H groups in total. The number of nitrogens with zero attached hydrogens (tertiary/aromatic N) is 2. The molecule has 4 heteroatoms. The van der Waals surface area contributed by atoms with Crippen LogP contribution in [0.25, 0.3) is 0 Å². The van der Waals surface area contributed by atoms with E-state index in [2.05, 4.69) is 27.0 Å². The minimum absolute atomic E-state index is 0.675. The van der Waals surface area contributed by atoms with E-state index in [0.29, 0.717) is 4.88 Å². The Morgan fingerprint density at radius 3 is 2.88 bits per heavy atom. The van der Waals surface area contributed by atoms with E-state index in [4.69, 9.17) is 5.26 Å². The summed E-state index contributed by atoms with van der Waals surface area (Å²) in [7, 11) is 0. The van der Waals surface area contributed by atoms with Crippen molar-refractivity contribution in [1.29, 1.82) is 5.26 Å². The zero-order valence-corrected chi connectivity index (χ0v) is 6.73.